The molecule has 0 radical (unpaired) electrons. The first-order chi connectivity index (χ1) is 10.2. The van der Waals surface area contributed by atoms with Gasteiger partial charge in [0.2, 0.25) is 0 Å². The molecule has 1 aliphatic carbocycles. The van der Waals surface area contributed by atoms with Crippen molar-refractivity contribution in [1.82, 2.24) is 5.32 Å². The van der Waals surface area contributed by atoms with Gasteiger partial charge in [0.05, 0.1) is 5.60 Å². The van der Waals surface area contributed by atoms with E-state index in [4.69, 9.17) is 4.74 Å². The number of halogens is 1. The highest BCUT2D eigenvalue weighted by molar-refractivity contribution is 5.20. The van der Waals surface area contributed by atoms with Gasteiger partial charge >= 0.3 is 0 Å². The molecule has 118 valence electrons. The number of hydrogen-bond acceptors (Lipinski definition) is 2. The van der Waals surface area contributed by atoms with Crippen LogP contribution < -0.4 is 5.32 Å². The summed E-state index contributed by atoms with van der Waals surface area (Å²) in [6.07, 6.45) is 6.55. The largest absolute Gasteiger partial charge is 0.374 e. The van der Waals surface area contributed by atoms with E-state index >= 15 is 0 Å². The Morgan fingerprint density at radius 1 is 1.19 bits per heavy atom. The van der Waals surface area contributed by atoms with Crippen LogP contribution in [-0.2, 0) is 11.2 Å². The molecule has 0 bridgehead atoms. The number of rotatable bonds is 7. The number of likely N-dealkylation sites (N-methyl/N-ethyl adjacent to an activating group) is 1. The monoisotopic (exact) mass is 293 g/mol. The lowest BCUT2D eigenvalue weighted by molar-refractivity contribution is -0.0895. The average molecular weight is 293 g/mol. The highest BCUT2D eigenvalue weighted by atomic mass is 19.1. The molecule has 0 aliphatic heterocycles. The van der Waals surface area contributed by atoms with Gasteiger partial charge in [-0.1, -0.05) is 44.4 Å². The van der Waals surface area contributed by atoms with E-state index in [-0.39, 0.29) is 17.5 Å². The number of benzene rings is 1. The van der Waals surface area contributed by atoms with Gasteiger partial charge in [-0.25, -0.2) is 4.39 Å². The maximum Gasteiger partial charge on any atom is 0.126 e. The second-order valence-electron chi connectivity index (χ2n) is 5.96. The van der Waals surface area contributed by atoms with Crippen LogP contribution in [0.15, 0.2) is 24.3 Å². The van der Waals surface area contributed by atoms with Crippen LogP contribution in [0.2, 0.25) is 0 Å². The van der Waals surface area contributed by atoms with Gasteiger partial charge in [-0.05, 0) is 44.4 Å². The van der Waals surface area contributed by atoms with E-state index in [0.717, 1.165) is 31.6 Å². The van der Waals surface area contributed by atoms with Gasteiger partial charge in [0, 0.05) is 12.6 Å². The average Bonchev–Trinajstić information content (AvgIpc) is 2.50. The van der Waals surface area contributed by atoms with Crippen LogP contribution in [0.4, 0.5) is 4.39 Å². The minimum Gasteiger partial charge on any atom is -0.374 e. The van der Waals surface area contributed by atoms with Crippen molar-refractivity contribution in [1.29, 1.82) is 0 Å². The Hall–Kier alpha value is -0.930. The smallest absolute Gasteiger partial charge is 0.126 e. The van der Waals surface area contributed by atoms with Crippen LogP contribution in [0, 0.1) is 5.82 Å². The van der Waals surface area contributed by atoms with Crippen molar-refractivity contribution in [3.63, 3.8) is 0 Å². The second-order valence-corrected chi connectivity index (χ2v) is 5.96. The zero-order valence-electron chi connectivity index (χ0n) is 13.3. The number of ether oxygens (including phenoxy) is 1. The molecule has 1 aromatic rings. The van der Waals surface area contributed by atoms with E-state index in [1.54, 1.807) is 12.1 Å². The Labute approximate surface area is 128 Å². The molecule has 0 amide bonds. The van der Waals surface area contributed by atoms with Crippen molar-refractivity contribution in [2.45, 2.75) is 64.0 Å². The summed E-state index contributed by atoms with van der Waals surface area (Å²) in [5.41, 5.74) is 0.652. The minimum absolute atomic E-state index is 0.108. The fourth-order valence-electron chi connectivity index (χ4n) is 3.61. The van der Waals surface area contributed by atoms with E-state index in [2.05, 4.69) is 19.2 Å². The zero-order valence-corrected chi connectivity index (χ0v) is 13.3. The summed E-state index contributed by atoms with van der Waals surface area (Å²) in [6.45, 7) is 5.77. The van der Waals surface area contributed by atoms with Gasteiger partial charge in [0.1, 0.15) is 5.82 Å². The lowest BCUT2D eigenvalue weighted by atomic mass is 9.77. The fraction of sp³-hybridized carbons (Fsp3) is 0.667. The SMILES string of the molecule is CCNC(Cc1ccccc1F)C1(OCC)CCCCC1. The van der Waals surface area contributed by atoms with E-state index in [9.17, 15) is 4.39 Å². The van der Waals surface area contributed by atoms with Crippen molar-refractivity contribution in [3.05, 3.63) is 35.6 Å². The molecule has 0 aromatic heterocycles. The Morgan fingerprint density at radius 2 is 1.90 bits per heavy atom. The third kappa shape index (κ3) is 4.04. The van der Waals surface area contributed by atoms with Gasteiger partial charge in [0.15, 0.2) is 0 Å². The molecule has 2 nitrogen and oxygen atoms in total. The highest BCUT2D eigenvalue weighted by Crippen LogP contribution is 2.36. The molecule has 3 heteroatoms. The molecule has 1 saturated carbocycles. The van der Waals surface area contributed by atoms with Gasteiger partial charge in [-0.15, -0.1) is 0 Å². The molecule has 0 spiro atoms. The van der Waals surface area contributed by atoms with Crippen LogP contribution in [-0.4, -0.2) is 24.8 Å². The summed E-state index contributed by atoms with van der Waals surface area (Å²) in [5, 5.41) is 3.56. The van der Waals surface area contributed by atoms with Crippen LogP contribution in [0.1, 0.15) is 51.5 Å². The van der Waals surface area contributed by atoms with Crippen LogP contribution in [0.3, 0.4) is 0 Å². The van der Waals surface area contributed by atoms with Crippen LogP contribution in [0.5, 0.6) is 0 Å². The molecule has 0 heterocycles. The molecule has 21 heavy (non-hydrogen) atoms. The molecule has 1 aromatic carbocycles. The topological polar surface area (TPSA) is 21.3 Å². The predicted molar refractivity (Wildman–Crippen MR) is 85.0 cm³/mol. The summed E-state index contributed by atoms with van der Waals surface area (Å²) in [7, 11) is 0. The first-order valence-electron chi connectivity index (χ1n) is 8.32. The van der Waals surface area contributed by atoms with E-state index in [0.29, 0.717) is 6.42 Å². The number of nitrogens with one attached hydrogen (secondary N) is 1. The van der Waals surface area contributed by atoms with Crippen LogP contribution >= 0.6 is 0 Å². The zero-order chi connectivity index (χ0) is 15.1. The van der Waals surface area contributed by atoms with Crippen LogP contribution in [0.25, 0.3) is 0 Å². The highest BCUT2D eigenvalue weighted by Gasteiger charge is 2.40. The minimum atomic E-state index is -0.134. The first kappa shape index (κ1) is 16.4. The molecular weight excluding hydrogens is 265 g/mol. The molecule has 1 atom stereocenters. The van der Waals surface area contributed by atoms with Crippen molar-refractivity contribution < 1.29 is 9.13 Å². The lowest BCUT2D eigenvalue weighted by Gasteiger charge is -2.44. The van der Waals surface area contributed by atoms with E-state index < -0.39 is 0 Å². The maximum absolute atomic E-state index is 14.0. The van der Waals surface area contributed by atoms with Crippen molar-refractivity contribution in [3.8, 4) is 0 Å². The third-order valence-corrected chi connectivity index (χ3v) is 4.60. The summed E-state index contributed by atoms with van der Waals surface area (Å²) in [6, 6.07) is 7.28. The predicted octanol–water partition coefficient (Wildman–Crippen LogP) is 4.09. The third-order valence-electron chi connectivity index (χ3n) is 4.60. The van der Waals surface area contributed by atoms with Gasteiger partial charge in [-0.3, -0.25) is 0 Å². The summed E-state index contributed by atoms with van der Waals surface area (Å²) in [5.74, 6) is -0.108. The Morgan fingerprint density at radius 3 is 2.52 bits per heavy atom. The number of hydrogen-bond donors (Lipinski definition) is 1. The van der Waals surface area contributed by atoms with E-state index in [1.807, 2.05) is 12.1 Å². The maximum atomic E-state index is 14.0. The Kier molecular flexibility index (Phi) is 6.19. The van der Waals surface area contributed by atoms with Crippen molar-refractivity contribution in [2.24, 2.45) is 0 Å². The Balaban J connectivity index is 2.21. The summed E-state index contributed by atoms with van der Waals surface area (Å²) >= 11 is 0. The molecule has 1 N–H and O–H groups in total. The van der Waals surface area contributed by atoms with Gasteiger partial charge in [0.25, 0.3) is 0 Å². The molecular formula is C18H28FNO. The van der Waals surface area contributed by atoms with Gasteiger partial charge < -0.3 is 10.1 Å². The first-order valence-corrected chi connectivity index (χ1v) is 8.32. The normalized spacial score (nSPS) is 19.4. The molecule has 0 saturated heterocycles. The fourth-order valence-corrected chi connectivity index (χ4v) is 3.61. The van der Waals surface area contributed by atoms with Gasteiger partial charge in [-0.2, -0.15) is 0 Å². The van der Waals surface area contributed by atoms with Crippen molar-refractivity contribution in [2.75, 3.05) is 13.2 Å². The molecule has 1 aliphatic rings. The Bertz CT molecular complexity index is 423. The van der Waals surface area contributed by atoms with Crippen molar-refractivity contribution >= 4 is 0 Å². The summed E-state index contributed by atoms with van der Waals surface area (Å²) < 4.78 is 20.2. The molecule has 1 fully saturated rings. The standard InChI is InChI=1S/C18H28FNO/c1-3-20-17(14-15-10-6-7-11-16(15)19)18(21-4-2)12-8-5-9-13-18/h6-7,10-11,17,20H,3-5,8-9,12-14H2,1-2H3. The molecule has 2 rings (SSSR count). The van der Waals surface area contributed by atoms with E-state index in [1.165, 1.54) is 19.3 Å². The summed E-state index contributed by atoms with van der Waals surface area (Å²) in [4.78, 5) is 0. The lowest BCUT2D eigenvalue weighted by Crippen LogP contribution is -2.55. The second kappa shape index (κ2) is 7.90. The molecule has 1 unspecified atom stereocenters. The quantitative estimate of drug-likeness (QED) is 0.817.